The summed E-state index contributed by atoms with van der Waals surface area (Å²) in [7, 11) is 0. The van der Waals surface area contributed by atoms with Crippen LogP contribution in [-0.4, -0.2) is 53.3 Å². The van der Waals surface area contributed by atoms with Crippen molar-refractivity contribution >= 4 is 23.5 Å². The Kier molecular flexibility index (Phi) is 4.64. The molecule has 6 heteroatoms. The fourth-order valence-electron chi connectivity index (χ4n) is 3.28. The van der Waals surface area contributed by atoms with E-state index < -0.39 is 0 Å². The van der Waals surface area contributed by atoms with Gasteiger partial charge in [0.05, 0.1) is 5.69 Å². The zero-order valence-corrected chi connectivity index (χ0v) is 13.7. The van der Waals surface area contributed by atoms with Gasteiger partial charge in [-0.3, -0.25) is 9.59 Å². The lowest BCUT2D eigenvalue weighted by molar-refractivity contribution is -0.127. The molecule has 2 aliphatic rings. The van der Waals surface area contributed by atoms with E-state index in [0.717, 1.165) is 0 Å². The van der Waals surface area contributed by atoms with Gasteiger partial charge in [-0.2, -0.15) is 0 Å². The zero-order valence-electron chi connectivity index (χ0n) is 13.7. The average molecular weight is 327 g/mol. The van der Waals surface area contributed by atoms with Crippen LogP contribution in [0.4, 0.5) is 10.5 Å². The Morgan fingerprint density at radius 3 is 2.42 bits per heavy atom. The minimum atomic E-state index is -0.260. The van der Waals surface area contributed by atoms with E-state index >= 15 is 0 Å². The molecule has 6 nitrogen and oxygen atoms in total. The number of carbonyl (C=O) groups excluding carboxylic acids is 3. The van der Waals surface area contributed by atoms with Crippen molar-refractivity contribution in [2.45, 2.75) is 25.8 Å². The quantitative estimate of drug-likeness (QED) is 0.630. The summed E-state index contributed by atoms with van der Waals surface area (Å²) in [5.74, 6) is -0.190. The third kappa shape index (κ3) is 3.04. The van der Waals surface area contributed by atoms with Crippen molar-refractivity contribution in [3.05, 3.63) is 42.5 Å². The maximum atomic E-state index is 12.7. The lowest BCUT2D eigenvalue weighted by atomic mass is 10.0. The highest BCUT2D eigenvalue weighted by molar-refractivity contribution is 6.19. The second kappa shape index (κ2) is 6.86. The van der Waals surface area contributed by atoms with Crippen molar-refractivity contribution < 1.29 is 14.4 Å². The van der Waals surface area contributed by atoms with Gasteiger partial charge in [-0.1, -0.05) is 24.3 Å². The predicted molar refractivity (Wildman–Crippen MR) is 90.4 cm³/mol. The summed E-state index contributed by atoms with van der Waals surface area (Å²) in [6.45, 7) is 3.15. The molecule has 0 aliphatic carbocycles. The monoisotopic (exact) mass is 327 g/mol. The Hall–Kier alpha value is -2.63. The summed E-state index contributed by atoms with van der Waals surface area (Å²) in [5, 5.41) is 0. The summed E-state index contributed by atoms with van der Waals surface area (Å²) in [5.41, 5.74) is 0.607. The van der Waals surface area contributed by atoms with E-state index in [9.17, 15) is 14.4 Å². The van der Waals surface area contributed by atoms with Gasteiger partial charge in [-0.05, 0) is 38.0 Å². The number of anilines is 1. The van der Waals surface area contributed by atoms with Crippen LogP contribution in [0, 0.1) is 0 Å². The zero-order chi connectivity index (χ0) is 17.1. The molecule has 2 fully saturated rings. The van der Waals surface area contributed by atoms with Crippen LogP contribution in [-0.2, 0) is 9.59 Å². The molecule has 0 bridgehead atoms. The molecular formula is C18H21N3O3. The number of rotatable bonds is 3. The summed E-state index contributed by atoms with van der Waals surface area (Å²) in [6, 6.07) is 8.74. The fourth-order valence-corrected chi connectivity index (χ4v) is 3.28. The molecule has 1 aromatic carbocycles. The van der Waals surface area contributed by atoms with Gasteiger partial charge in [0.15, 0.2) is 0 Å². The first-order valence-corrected chi connectivity index (χ1v) is 8.22. The van der Waals surface area contributed by atoms with Crippen molar-refractivity contribution in [1.82, 2.24) is 9.80 Å². The van der Waals surface area contributed by atoms with Crippen LogP contribution in [0.25, 0.3) is 0 Å². The Labute approximate surface area is 141 Å². The van der Waals surface area contributed by atoms with Crippen LogP contribution < -0.4 is 4.90 Å². The Morgan fingerprint density at radius 1 is 1.12 bits per heavy atom. The summed E-state index contributed by atoms with van der Waals surface area (Å²) >= 11 is 0. The molecule has 0 atom stereocenters. The van der Waals surface area contributed by atoms with Crippen molar-refractivity contribution in [2.75, 3.05) is 24.5 Å². The van der Waals surface area contributed by atoms with Crippen LogP contribution in [0.15, 0.2) is 42.5 Å². The second-order valence-electron chi connectivity index (χ2n) is 6.03. The van der Waals surface area contributed by atoms with Gasteiger partial charge in [-0.15, -0.1) is 0 Å². The molecule has 4 amide bonds. The number of nitrogens with zero attached hydrogens (tertiary/aromatic N) is 3. The van der Waals surface area contributed by atoms with Crippen LogP contribution in [0.3, 0.4) is 0 Å². The molecule has 2 heterocycles. The van der Waals surface area contributed by atoms with Crippen molar-refractivity contribution in [3.63, 3.8) is 0 Å². The number of amides is 4. The number of urea groups is 1. The smallest absolute Gasteiger partial charge is 0.332 e. The Bertz CT molecular complexity index is 663. The maximum absolute atomic E-state index is 12.7. The van der Waals surface area contributed by atoms with E-state index in [-0.39, 0.29) is 30.4 Å². The van der Waals surface area contributed by atoms with E-state index in [0.29, 0.717) is 31.6 Å². The van der Waals surface area contributed by atoms with Gasteiger partial charge in [-0.25, -0.2) is 9.69 Å². The van der Waals surface area contributed by atoms with Crippen LogP contribution in [0.2, 0.25) is 0 Å². The first kappa shape index (κ1) is 16.2. The lowest BCUT2D eigenvalue weighted by Gasteiger charge is -2.35. The van der Waals surface area contributed by atoms with Crippen LogP contribution >= 0.6 is 0 Å². The number of allylic oxidation sites excluding steroid dienone is 1. The second-order valence-corrected chi connectivity index (χ2v) is 6.03. The van der Waals surface area contributed by atoms with Gasteiger partial charge in [0, 0.05) is 19.1 Å². The van der Waals surface area contributed by atoms with E-state index in [1.807, 2.05) is 25.1 Å². The maximum Gasteiger partial charge on any atom is 0.332 e. The molecule has 0 radical (unpaired) electrons. The first-order chi connectivity index (χ1) is 11.6. The van der Waals surface area contributed by atoms with Gasteiger partial charge >= 0.3 is 6.03 Å². The number of para-hydroxylation sites is 1. The molecule has 126 valence electrons. The normalized spacial score (nSPS) is 19.6. The molecule has 3 rings (SSSR count). The number of carbonyl (C=O) groups is 3. The minimum absolute atomic E-state index is 0.00446. The SMILES string of the molecule is C/C=C/C(=O)N1CCC(N2CC(=O)N(c3ccccc3)C2=O)CC1. The van der Waals surface area contributed by atoms with Crippen LogP contribution in [0.5, 0.6) is 0 Å². The largest absolute Gasteiger partial charge is 0.339 e. The molecule has 0 N–H and O–H groups in total. The Morgan fingerprint density at radius 2 is 1.79 bits per heavy atom. The van der Waals surface area contributed by atoms with Crippen molar-refractivity contribution in [1.29, 1.82) is 0 Å². The number of benzene rings is 1. The molecule has 24 heavy (non-hydrogen) atoms. The van der Waals surface area contributed by atoms with E-state index in [1.54, 1.807) is 34.1 Å². The van der Waals surface area contributed by atoms with E-state index in [1.165, 1.54) is 4.90 Å². The van der Waals surface area contributed by atoms with E-state index in [4.69, 9.17) is 0 Å². The topological polar surface area (TPSA) is 60.9 Å². The highest BCUT2D eigenvalue weighted by Crippen LogP contribution is 2.26. The van der Waals surface area contributed by atoms with Gasteiger partial charge < -0.3 is 9.80 Å². The minimum Gasteiger partial charge on any atom is -0.339 e. The molecular weight excluding hydrogens is 306 g/mol. The highest BCUT2D eigenvalue weighted by atomic mass is 16.2. The third-order valence-corrected chi connectivity index (χ3v) is 4.53. The number of hydrogen-bond acceptors (Lipinski definition) is 3. The number of imide groups is 1. The van der Waals surface area contributed by atoms with Crippen molar-refractivity contribution in [2.24, 2.45) is 0 Å². The molecule has 1 aromatic rings. The molecule has 0 unspecified atom stereocenters. The van der Waals surface area contributed by atoms with Gasteiger partial charge in [0.2, 0.25) is 5.91 Å². The standard InChI is InChI=1S/C18H21N3O3/c1-2-6-16(22)19-11-9-14(10-12-19)20-13-17(23)21(18(20)24)15-7-4-3-5-8-15/h2-8,14H,9-13H2,1H3/b6-2+. The average Bonchev–Trinajstić information content (AvgIpc) is 2.90. The molecule has 2 saturated heterocycles. The third-order valence-electron chi connectivity index (χ3n) is 4.53. The Balaban J connectivity index is 1.66. The van der Waals surface area contributed by atoms with Crippen LogP contribution in [0.1, 0.15) is 19.8 Å². The van der Waals surface area contributed by atoms with E-state index in [2.05, 4.69) is 0 Å². The predicted octanol–water partition coefficient (Wildman–Crippen LogP) is 2.02. The fraction of sp³-hybridized carbons (Fsp3) is 0.389. The van der Waals surface area contributed by atoms with Crippen molar-refractivity contribution in [3.8, 4) is 0 Å². The molecule has 0 spiro atoms. The summed E-state index contributed by atoms with van der Waals surface area (Å²) in [6.07, 6.45) is 4.69. The molecule has 0 aromatic heterocycles. The summed E-state index contributed by atoms with van der Waals surface area (Å²) in [4.78, 5) is 41.5. The molecule has 0 saturated carbocycles. The van der Waals surface area contributed by atoms with Gasteiger partial charge in [0.1, 0.15) is 6.54 Å². The lowest BCUT2D eigenvalue weighted by Crippen LogP contribution is -2.47. The molecule has 2 aliphatic heterocycles. The first-order valence-electron chi connectivity index (χ1n) is 8.22. The number of likely N-dealkylation sites (tertiary alicyclic amines) is 1. The number of hydrogen-bond donors (Lipinski definition) is 0. The summed E-state index contributed by atoms with van der Waals surface area (Å²) < 4.78 is 0. The highest BCUT2D eigenvalue weighted by Gasteiger charge is 2.41. The van der Waals surface area contributed by atoms with Gasteiger partial charge in [0.25, 0.3) is 5.91 Å². The number of piperidine rings is 1.